The van der Waals surface area contributed by atoms with Gasteiger partial charge >= 0.3 is 0 Å². The fourth-order valence-corrected chi connectivity index (χ4v) is 3.34. The Morgan fingerprint density at radius 1 is 1.38 bits per heavy atom. The van der Waals surface area contributed by atoms with Crippen LogP contribution in [0.15, 0.2) is 29.2 Å². The van der Waals surface area contributed by atoms with E-state index in [4.69, 9.17) is 5.14 Å². The minimum Gasteiger partial charge on any atom is -0.317 e. The van der Waals surface area contributed by atoms with Crippen molar-refractivity contribution in [3.63, 3.8) is 0 Å². The second-order valence-electron chi connectivity index (χ2n) is 6.52. The van der Waals surface area contributed by atoms with Crippen molar-refractivity contribution in [2.75, 3.05) is 7.05 Å². The Labute approximate surface area is 142 Å². The summed E-state index contributed by atoms with van der Waals surface area (Å²) in [4.78, 5) is 2.25. The van der Waals surface area contributed by atoms with Gasteiger partial charge in [0.1, 0.15) is 11.6 Å². The van der Waals surface area contributed by atoms with Crippen molar-refractivity contribution >= 4 is 10.0 Å². The third kappa shape index (κ3) is 3.50. The summed E-state index contributed by atoms with van der Waals surface area (Å²) >= 11 is 0. The highest BCUT2D eigenvalue weighted by molar-refractivity contribution is 7.89. The van der Waals surface area contributed by atoms with E-state index in [9.17, 15) is 8.42 Å². The predicted octanol–water partition coefficient (Wildman–Crippen LogP) is 1.53. The SMILES string of the molecule is C[C@@H](c1cccc(S(N)(=O)=O)c1)N(C)Cc1nnc(C2CC2)n1C. The summed E-state index contributed by atoms with van der Waals surface area (Å²) in [5, 5.41) is 13.8. The lowest BCUT2D eigenvalue weighted by atomic mass is 10.1. The number of hydrogen-bond acceptors (Lipinski definition) is 5. The summed E-state index contributed by atoms with van der Waals surface area (Å²) in [6.07, 6.45) is 2.39. The molecule has 0 amide bonds. The van der Waals surface area contributed by atoms with E-state index in [1.54, 1.807) is 12.1 Å². The normalized spacial score (nSPS) is 16.5. The standard InChI is InChI=1S/C16H23N5O2S/c1-11(13-5-4-6-14(9-13)24(17,22)23)20(2)10-15-18-19-16(21(15)3)12-7-8-12/h4-6,9,11-12H,7-8,10H2,1-3H3,(H2,17,22,23)/t11-/m0/s1. The topological polar surface area (TPSA) is 94.1 Å². The first-order valence-corrected chi connectivity index (χ1v) is 9.53. The van der Waals surface area contributed by atoms with Gasteiger partial charge in [0, 0.05) is 19.0 Å². The number of aromatic nitrogens is 3. The Morgan fingerprint density at radius 2 is 2.08 bits per heavy atom. The van der Waals surface area contributed by atoms with Crippen LogP contribution < -0.4 is 5.14 Å². The van der Waals surface area contributed by atoms with Crippen LogP contribution in [0, 0.1) is 0 Å². The number of sulfonamides is 1. The van der Waals surface area contributed by atoms with Crippen LogP contribution in [0.4, 0.5) is 0 Å². The second-order valence-corrected chi connectivity index (χ2v) is 8.08. The van der Waals surface area contributed by atoms with E-state index < -0.39 is 10.0 Å². The van der Waals surface area contributed by atoms with E-state index in [0.29, 0.717) is 12.5 Å². The summed E-state index contributed by atoms with van der Waals surface area (Å²) in [5.41, 5.74) is 0.897. The van der Waals surface area contributed by atoms with Crippen LogP contribution in [0.25, 0.3) is 0 Å². The average molecular weight is 349 g/mol. The van der Waals surface area contributed by atoms with Crippen LogP contribution in [0.1, 0.15) is 48.9 Å². The molecule has 0 unspecified atom stereocenters. The van der Waals surface area contributed by atoms with Crippen LogP contribution in [-0.2, 0) is 23.6 Å². The first kappa shape index (κ1) is 17.1. The maximum Gasteiger partial charge on any atom is 0.238 e. The number of hydrogen-bond donors (Lipinski definition) is 1. The Morgan fingerprint density at radius 3 is 2.71 bits per heavy atom. The lowest BCUT2D eigenvalue weighted by molar-refractivity contribution is 0.243. The van der Waals surface area contributed by atoms with Gasteiger partial charge in [0.2, 0.25) is 10.0 Å². The average Bonchev–Trinajstić information content (AvgIpc) is 3.31. The van der Waals surface area contributed by atoms with E-state index in [1.165, 1.54) is 18.9 Å². The Kier molecular flexibility index (Phi) is 4.46. The van der Waals surface area contributed by atoms with Gasteiger partial charge in [0.15, 0.2) is 0 Å². The van der Waals surface area contributed by atoms with Crippen molar-refractivity contribution in [3.05, 3.63) is 41.5 Å². The first-order chi connectivity index (χ1) is 11.3. The van der Waals surface area contributed by atoms with Crippen LogP contribution in [0.3, 0.4) is 0 Å². The molecule has 1 heterocycles. The molecule has 2 N–H and O–H groups in total. The summed E-state index contributed by atoms with van der Waals surface area (Å²) < 4.78 is 25.1. The fourth-order valence-electron chi connectivity index (χ4n) is 2.78. The zero-order chi connectivity index (χ0) is 17.5. The van der Waals surface area contributed by atoms with E-state index in [-0.39, 0.29) is 10.9 Å². The smallest absolute Gasteiger partial charge is 0.238 e. The monoisotopic (exact) mass is 349 g/mol. The number of nitrogens with two attached hydrogens (primary N) is 1. The summed E-state index contributed by atoms with van der Waals surface area (Å²) in [6, 6.07) is 6.78. The molecule has 130 valence electrons. The van der Waals surface area contributed by atoms with Gasteiger partial charge in [-0.2, -0.15) is 0 Å². The van der Waals surface area contributed by atoms with Gasteiger partial charge in [-0.1, -0.05) is 12.1 Å². The molecule has 1 saturated carbocycles. The lowest BCUT2D eigenvalue weighted by Gasteiger charge is -2.25. The van der Waals surface area contributed by atoms with E-state index in [2.05, 4.69) is 19.7 Å². The van der Waals surface area contributed by atoms with Crippen molar-refractivity contribution in [2.45, 2.75) is 43.2 Å². The third-order valence-electron chi connectivity index (χ3n) is 4.66. The van der Waals surface area contributed by atoms with E-state index in [0.717, 1.165) is 17.2 Å². The van der Waals surface area contributed by atoms with Gasteiger partial charge in [-0.15, -0.1) is 10.2 Å². The number of benzene rings is 1. The van der Waals surface area contributed by atoms with Crippen molar-refractivity contribution in [1.82, 2.24) is 19.7 Å². The highest BCUT2D eigenvalue weighted by Crippen LogP contribution is 2.38. The minimum atomic E-state index is -3.69. The van der Waals surface area contributed by atoms with Crippen molar-refractivity contribution in [3.8, 4) is 0 Å². The molecule has 1 atom stereocenters. The Hall–Kier alpha value is -1.77. The van der Waals surface area contributed by atoms with Gasteiger partial charge in [0.05, 0.1) is 11.4 Å². The minimum absolute atomic E-state index is 0.0211. The molecule has 8 heteroatoms. The molecule has 1 aliphatic carbocycles. The highest BCUT2D eigenvalue weighted by Gasteiger charge is 2.29. The molecule has 1 aromatic heterocycles. The summed E-state index contributed by atoms with van der Waals surface area (Å²) in [7, 11) is 0.295. The third-order valence-corrected chi connectivity index (χ3v) is 5.57. The number of primary sulfonamides is 1. The molecule has 0 saturated heterocycles. The molecular weight excluding hydrogens is 326 g/mol. The maximum absolute atomic E-state index is 11.5. The van der Waals surface area contributed by atoms with Gasteiger partial charge in [-0.25, -0.2) is 13.6 Å². The fraction of sp³-hybridized carbons (Fsp3) is 0.500. The Bertz CT molecular complexity index is 842. The highest BCUT2D eigenvalue weighted by atomic mass is 32.2. The van der Waals surface area contributed by atoms with Gasteiger partial charge in [-0.3, -0.25) is 4.90 Å². The molecule has 1 fully saturated rings. The van der Waals surface area contributed by atoms with E-state index in [1.807, 2.05) is 27.1 Å². The zero-order valence-electron chi connectivity index (χ0n) is 14.2. The second kappa shape index (κ2) is 6.27. The molecule has 0 spiro atoms. The van der Waals surface area contributed by atoms with Crippen molar-refractivity contribution < 1.29 is 8.42 Å². The number of nitrogens with zero attached hydrogens (tertiary/aromatic N) is 4. The molecule has 0 radical (unpaired) electrons. The van der Waals surface area contributed by atoms with Crippen molar-refractivity contribution in [1.29, 1.82) is 0 Å². The molecule has 3 rings (SSSR count). The van der Waals surface area contributed by atoms with Crippen LogP contribution in [0.2, 0.25) is 0 Å². The predicted molar refractivity (Wildman–Crippen MR) is 90.7 cm³/mol. The molecule has 2 aromatic rings. The van der Waals surface area contributed by atoms with Crippen LogP contribution >= 0.6 is 0 Å². The zero-order valence-corrected chi connectivity index (χ0v) is 15.0. The van der Waals surface area contributed by atoms with Crippen molar-refractivity contribution in [2.24, 2.45) is 12.2 Å². The quantitative estimate of drug-likeness (QED) is 0.853. The molecule has 24 heavy (non-hydrogen) atoms. The number of rotatable bonds is 6. The largest absolute Gasteiger partial charge is 0.317 e. The molecular formula is C16H23N5O2S. The van der Waals surface area contributed by atoms with Crippen LogP contribution in [0.5, 0.6) is 0 Å². The summed E-state index contributed by atoms with van der Waals surface area (Å²) in [6.45, 7) is 2.66. The molecule has 1 aliphatic rings. The van der Waals surface area contributed by atoms with E-state index >= 15 is 0 Å². The Balaban J connectivity index is 1.76. The van der Waals surface area contributed by atoms with Crippen LogP contribution in [-0.4, -0.2) is 35.1 Å². The molecule has 0 aliphatic heterocycles. The lowest BCUT2D eigenvalue weighted by Crippen LogP contribution is -2.24. The summed E-state index contributed by atoms with van der Waals surface area (Å²) in [5.74, 6) is 2.53. The molecule has 7 nitrogen and oxygen atoms in total. The molecule has 0 bridgehead atoms. The first-order valence-electron chi connectivity index (χ1n) is 7.98. The van der Waals surface area contributed by atoms with Gasteiger partial charge in [0.25, 0.3) is 0 Å². The maximum atomic E-state index is 11.5. The van der Waals surface area contributed by atoms with Gasteiger partial charge in [-0.05, 0) is 44.5 Å². The van der Waals surface area contributed by atoms with Gasteiger partial charge < -0.3 is 4.57 Å². The molecule has 1 aromatic carbocycles.